The van der Waals surface area contributed by atoms with Crippen LogP contribution in [0.4, 0.5) is 13.2 Å². The van der Waals surface area contributed by atoms with E-state index in [0.29, 0.717) is 11.1 Å². The second-order valence-corrected chi connectivity index (χ2v) is 4.91. The molecule has 110 valence electrons. The van der Waals surface area contributed by atoms with Crippen molar-refractivity contribution in [1.29, 1.82) is 0 Å². The van der Waals surface area contributed by atoms with Crippen molar-refractivity contribution in [2.24, 2.45) is 0 Å². The monoisotopic (exact) mass is 313 g/mol. The van der Waals surface area contributed by atoms with E-state index in [9.17, 15) is 18.0 Å². The number of nitrogens with one attached hydrogen (secondary N) is 1. The number of halogens is 4. The second kappa shape index (κ2) is 6.18. The first-order valence-corrected chi connectivity index (χ1v) is 6.47. The van der Waals surface area contributed by atoms with Crippen LogP contribution < -0.4 is 5.32 Å². The van der Waals surface area contributed by atoms with Gasteiger partial charge in [-0.1, -0.05) is 23.7 Å². The van der Waals surface area contributed by atoms with Gasteiger partial charge < -0.3 is 5.32 Å². The molecule has 1 atom stereocenters. The molecule has 2 aromatic carbocycles. The van der Waals surface area contributed by atoms with Crippen molar-refractivity contribution in [3.63, 3.8) is 0 Å². The molecule has 2 nitrogen and oxygen atoms in total. The van der Waals surface area contributed by atoms with Gasteiger partial charge in [-0.25, -0.2) is 13.2 Å². The lowest BCUT2D eigenvalue weighted by atomic mass is 10.1. The van der Waals surface area contributed by atoms with Crippen LogP contribution >= 0.6 is 11.6 Å². The van der Waals surface area contributed by atoms with E-state index in [1.54, 1.807) is 31.2 Å². The number of carbonyl (C=O) groups excluding carboxylic acids is 1. The zero-order valence-electron chi connectivity index (χ0n) is 11.0. The van der Waals surface area contributed by atoms with Crippen molar-refractivity contribution in [2.45, 2.75) is 13.0 Å². The molecule has 6 heteroatoms. The molecule has 2 rings (SSSR count). The molecule has 0 unspecified atom stereocenters. The number of hydrogen-bond acceptors (Lipinski definition) is 1. The van der Waals surface area contributed by atoms with Crippen molar-refractivity contribution < 1.29 is 18.0 Å². The lowest BCUT2D eigenvalue weighted by Gasteiger charge is -2.15. The topological polar surface area (TPSA) is 29.1 Å². The average Bonchev–Trinajstić information content (AvgIpc) is 2.45. The molecule has 0 aliphatic carbocycles. The molecular weight excluding hydrogens is 303 g/mol. The fraction of sp³-hybridized carbons (Fsp3) is 0.133. The summed E-state index contributed by atoms with van der Waals surface area (Å²) in [6, 6.07) is 7.87. The van der Waals surface area contributed by atoms with Crippen LogP contribution in [0, 0.1) is 17.5 Å². The smallest absolute Gasteiger partial charge is 0.254 e. The molecule has 21 heavy (non-hydrogen) atoms. The Balaban J connectivity index is 2.18. The van der Waals surface area contributed by atoms with Crippen LogP contribution in [0.15, 0.2) is 36.4 Å². The van der Waals surface area contributed by atoms with E-state index in [1.807, 2.05) is 0 Å². The number of carbonyl (C=O) groups is 1. The van der Waals surface area contributed by atoms with E-state index in [-0.39, 0.29) is 0 Å². The minimum Gasteiger partial charge on any atom is -0.345 e. The molecule has 0 spiro atoms. The SMILES string of the molecule is C[C@@H](NC(=O)c1ccc(F)c(F)c1F)c1ccc(Cl)cc1. The maximum absolute atomic E-state index is 13.5. The predicted octanol–water partition coefficient (Wildman–Crippen LogP) is 4.25. The van der Waals surface area contributed by atoms with Gasteiger partial charge in [0.1, 0.15) is 0 Å². The third-order valence-corrected chi connectivity index (χ3v) is 3.25. The van der Waals surface area contributed by atoms with Gasteiger partial charge in [0.05, 0.1) is 11.6 Å². The highest BCUT2D eigenvalue weighted by Crippen LogP contribution is 2.19. The van der Waals surface area contributed by atoms with Crippen molar-refractivity contribution >= 4 is 17.5 Å². The predicted molar refractivity (Wildman–Crippen MR) is 73.6 cm³/mol. The Labute approximate surface area is 124 Å². The first kappa shape index (κ1) is 15.4. The lowest BCUT2D eigenvalue weighted by Crippen LogP contribution is -2.27. The summed E-state index contributed by atoms with van der Waals surface area (Å²) in [7, 11) is 0. The summed E-state index contributed by atoms with van der Waals surface area (Å²) in [4.78, 5) is 11.9. The van der Waals surface area contributed by atoms with Crippen LogP contribution in [0.2, 0.25) is 5.02 Å². The summed E-state index contributed by atoms with van der Waals surface area (Å²) in [6.07, 6.45) is 0. The van der Waals surface area contributed by atoms with E-state index in [2.05, 4.69) is 5.32 Å². The van der Waals surface area contributed by atoms with E-state index in [4.69, 9.17) is 11.6 Å². The molecule has 1 N–H and O–H groups in total. The van der Waals surface area contributed by atoms with Crippen LogP contribution in [-0.2, 0) is 0 Å². The van der Waals surface area contributed by atoms with Gasteiger partial charge in [-0.05, 0) is 36.8 Å². The summed E-state index contributed by atoms with van der Waals surface area (Å²) >= 11 is 5.76. The lowest BCUT2D eigenvalue weighted by molar-refractivity contribution is 0.0934. The molecule has 0 fully saturated rings. The number of hydrogen-bond donors (Lipinski definition) is 1. The normalized spacial score (nSPS) is 12.0. The van der Waals surface area contributed by atoms with Gasteiger partial charge in [-0.3, -0.25) is 4.79 Å². The Bertz CT molecular complexity index is 673. The van der Waals surface area contributed by atoms with Gasteiger partial charge >= 0.3 is 0 Å². The molecule has 0 aliphatic rings. The largest absolute Gasteiger partial charge is 0.345 e. The van der Waals surface area contributed by atoms with E-state index >= 15 is 0 Å². The second-order valence-electron chi connectivity index (χ2n) is 4.47. The number of rotatable bonds is 3. The minimum absolute atomic E-state index is 0.442. The summed E-state index contributed by atoms with van der Waals surface area (Å²) in [5, 5.41) is 3.05. The third-order valence-electron chi connectivity index (χ3n) is 3.00. The maximum Gasteiger partial charge on any atom is 0.254 e. The summed E-state index contributed by atoms with van der Waals surface area (Å²) < 4.78 is 39.5. The van der Waals surface area contributed by atoms with E-state index in [0.717, 1.165) is 11.6 Å². The highest BCUT2D eigenvalue weighted by molar-refractivity contribution is 6.30. The molecule has 0 heterocycles. The van der Waals surface area contributed by atoms with Crippen molar-refractivity contribution in [3.8, 4) is 0 Å². The van der Waals surface area contributed by atoms with Gasteiger partial charge in [0, 0.05) is 5.02 Å². The minimum atomic E-state index is -1.67. The van der Waals surface area contributed by atoms with Crippen LogP contribution in [0.3, 0.4) is 0 Å². The Hall–Kier alpha value is -2.01. The molecular formula is C15H11ClF3NO. The zero-order chi connectivity index (χ0) is 15.6. The highest BCUT2D eigenvalue weighted by Gasteiger charge is 2.20. The van der Waals surface area contributed by atoms with Crippen LogP contribution in [-0.4, -0.2) is 5.91 Å². The average molecular weight is 314 g/mol. The van der Waals surface area contributed by atoms with Crippen molar-refractivity contribution in [3.05, 3.63) is 70.0 Å². The van der Waals surface area contributed by atoms with E-state index < -0.39 is 35.0 Å². The maximum atomic E-state index is 13.5. The molecule has 0 aromatic heterocycles. The van der Waals surface area contributed by atoms with Gasteiger partial charge in [-0.15, -0.1) is 0 Å². The molecule has 2 aromatic rings. The first-order chi connectivity index (χ1) is 9.90. The fourth-order valence-electron chi connectivity index (χ4n) is 1.81. The fourth-order valence-corrected chi connectivity index (χ4v) is 1.94. The van der Waals surface area contributed by atoms with Crippen molar-refractivity contribution in [1.82, 2.24) is 5.32 Å². The zero-order valence-corrected chi connectivity index (χ0v) is 11.7. The molecule has 0 aliphatic heterocycles. The third kappa shape index (κ3) is 3.36. The molecule has 0 radical (unpaired) electrons. The summed E-state index contributed by atoms with van der Waals surface area (Å²) in [5.41, 5.74) is 0.199. The molecule has 1 amide bonds. The van der Waals surface area contributed by atoms with Gasteiger partial charge in [0.2, 0.25) is 0 Å². The van der Waals surface area contributed by atoms with E-state index in [1.165, 1.54) is 0 Å². The van der Waals surface area contributed by atoms with Crippen LogP contribution in [0.25, 0.3) is 0 Å². The standard InChI is InChI=1S/C15H11ClF3NO/c1-8(9-2-4-10(16)5-3-9)20-15(21)11-6-7-12(17)14(19)13(11)18/h2-8H,1H3,(H,20,21)/t8-/m1/s1. The highest BCUT2D eigenvalue weighted by atomic mass is 35.5. The number of amides is 1. The quantitative estimate of drug-likeness (QED) is 0.843. The Kier molecular flexibility index (Phi) is 4.53. The van der Waals surface area contributed by atoms with Gasteiger partial charge in [0.25, 0.3) is 5.91 Å². The van der Waals surface area contributed by atoms with Crippen LogP contribution in [0.1, 0.15) is 28.9 Å². The Morgan fingerprint density at radius 2 is 1.67 bits per heavy atom. The Morgan fingerprint density at radius 1 is 1.05 bits per heavy atom. The van der Waals surface area contributed by atoms with Crippen molar-refractivity contribution in [2.75, 3.05) is 0 Å². The Morgan fingerprint density at radius 3 is 2.29 bits per heavy atom. The molecule has 0 saturated heterocycles. The summed E-state index contributed by atoms with van der Waals surface area (Å²) in [6.45, 7) is 1.68. The molecule has 0 saturated carbocycles. The first-order valence-electron chi connectivity index (χ1n) is 6.10. The van der Waals surface area contributed by atoms with Gasteiger partial charge in [-0.2, -0.15) is 0 Å². The number of benzene rings is 2. The molecule has 0 bridgehead atoms. The van der Waals surface area contributed by atoms with Gasteiger partial charge in [0.15, 0.2) is 17.5 Å². The van der Waals surface area contributed by atoms with Crippen LogP contribution in [0.5, 0.6) is 0 Å². The summed E-state index contributed by atoms with van der Waals surface area (Å²) in [5.74, 6) is -5.33.